The van der Waals surface area contributed by atoms with E-state index in [1.807, 2.05) is 13.8 Å². The molecule has 1 atom stereocenters. The summed E-state index contributed by atoms with van der Waals surface area (Å²) in [4.78, 5) is 14.7. The second-order valence-electron chi connectivity index (χ2n) is 6.40. The fraction of sp³-hybridized carbons (Fsp3) is 0.611. The molecule has 2 heterocycles. The van der Waals surface area contributed by atoms with E-state index in [4.69, 9.17) is 9.47 Å². The molecule has 0 aromatic heterocycles. The molecular formula is C18H26N2O5S. The standard InChI is InChI=1S/C18H26N2O5S/c1-3-17(25-4-2)18(21)20-8-7-14-13-15(5-6-16(14)20)26(22,23)19-9-11-24-12-10-19/h5-6,13,17H,3-4,7-12H2,1-2H3. The average Bonchev–Trinajstić information content (AvgIpc) is 3.09. The van der Waals surface area contributed by atoms with Gasteiger partial charge in [0.2, 0.25) is 10.0 Å². The number of hydrogen-bond acceptors (Lipinski definition) is 5. The minimum atomic E-state index is -3.53. The molecule has 0 saturated carbocycles. The highest BCUT2D eigenvalue weighted by Crippen LogP contribution is 2.32. The number of fused-ring (bicyclic) bond motifs is 1. The first-order valence-corrected chi connectivity index (χ1v) is 10.6. The fourth-order valence-electron chi connectivity index (χ4n) is 3.44. The molecule has 0 spiro atoms. The van der Waals surface area contributed by atoms with Crippen LogP contribution in [-0.4, -0.2) is 64.2 Å². The molecule has 2 aliphatic rings. The van der Waals surface area contributed by atoms with E-state index in [0.29, 0.717) is 52.3 Å². The van der Waals surface area contributed by atoms with Crippen LogP contribution >= 0.6 is 0 Å². The molecule has 0 N–H and O–H groups in total. The zero-order valence-corrected chi connectivity index (χ0v) is 16.1. The van der Waals surface area contributed by atoms with E-state index in [2.05, 4.69) is 0 Å². The number of hydrogen-bond donors (Lipinski definition) is 0. The molecule has 8 heteroatoms. The Labute approximate surface area is 154 Å². The Morgan fingerprint density at radius 3 is 2.62 bits per heavy atom. The van der Waals surface area contributed by atoms with Gasteiger partial charge < -0.3 is 14.4 Å². The molecule has 3 rings (SSSR count). The number of ether oxygens (including phenoxy) is 2. The summed E-state index contributed by atoms with van der Waals surface area (Å²) < 4.78 is 37.8. The molecule has 0 aliphatic carbocycles. The molecule has 7 nitrogen and oxygen atoms in total. The summed E-state index contributed by atoms with van der Waals surface area (Å²) in [6, 6.07) is 5.04. The molecule has 1 fully saturated rings. The first-order chi connectivity index (χ1) is 12.5. The molecule has 1 aromatic carbocycles. The van der Waals surface area contributed by atoms with Gasteiger partial charge >= 0.3 is 0 Å². The van der Waals surface area contributed by atoms with Crippen molar-refractivity contribution in [3.8, 4) is 0 Å². The van der Waals surface area contributed by atoms with Crippen LogP contribution in [-0.2, 0) is 30.7 Å². The quantitative estimate of drug-likeness (QED) is 0.744. The number of rotatable bonds is 6. The van der Waals surface area contributed by atoms with E-state index in [-0.39, 0.29) is 10.8 Å². The minimum Gasteiger partial charge on any atom is -0.379 e. The highest BCUT2D eigenvalue weighted by molar-refractivity contribution is 7.89. The third-order valence-electron chi connectivity index (χ3n) is 4.83. The number of benzene rings is 1. The first-order valence-electron chi connectivity index (χ1n) is 9.12. The molecule has 0 radical (unpaired) electrons. The van der Waals surface area contributed by atoms with E-state index in [1.165, 1.54) is 4.31 Å². The summed E-state index contributed by atoms with van der Waals surface area (Å²) >= 11 is 0. The highest BCUT2D eigenvalue weighted by Gasteiger charge is 2.32. The lowest BCUT2D eigenvalue weighted by molar-refractivity contribution is -0.129. The second-order valence-corrected chi connectivity index (χ2v) is 8.34. The maximum absolute atomic E-state index is 12.8. The third-order valence-corrected chi connectivity index (χ3v) is 6.73. The summed E-state index contributed by atoms with van der Waals surface area (Å²) in [7, 11) is -3.53. The maximum atomic E-state index is 12.8. The van der Waals surface area contributed by atoms with Crippen molar-refractivity contribution < 1.29 is 22.7 Å². The van der Waals surface area contributed by atoms with Crippen molar-refractivity contribution in [1.29, 1.82) is 0 Å². The number of morpholine rings is 1. The van der Waals surface area contributed by atoms with Crippen molar-refractivity contribution in [2.24, 2.45) is 0 Å². The van der Waals surface area contributed by atoms with Gasteiger partial charge in [-0.3, -0.25) is 4.79 Å². The molecule has 2 aliphatic heterocycles. The summed E-state index contributed by atoms with van der Waals surface area (Å²) in [6.45, 7) is 6.42. The van der Waals surface area contributed by atoms with Crippen LogP contribution < -0.4 is 4.90 Å². The molecule has 0 bridgehead atoms. The number of amides is 1. The molecule has 1 aromatic rings. The van der Waals surface area contributed by atoms with Crippen LogP contribution in [0.25, 0.3) is 0 Å². The number of sulfonamides is 1. The monoisotopic (exact) mass is 382 g/mol. The molecule has 1 saturated heterocycles. The first kappa shape index (κ1) is 19.3. The summed E-state index contributed by atoms with van der Waals surface area (Å²) in [5.41, 5.74) is 1.67. The van der Waals surface area contributed by atoms with Crippen molar-refractivity contribution in [2.45, 2.75) is 37.7 Å². The van der Waals surface area contributed by atoms with Crippen molar-refractivity contribution in [3.05, 3.63) is 23.8 Å². The van der Waals surface area contributed by atoms with Crippen LogP contribution in [0.2, 0.25) is 0 Å². The predicted molar refractivity (Wildman–Crippen MR) is 97.8 cm³/mol. The van der Waals surface area contributed by atoms with Crippen LogP contribution in [0.4, 0.5) is 5.69 Å². The normalized spacial score (nSPS) is 19.4. The smallest absolute Gasteiger partial charge is 0.256 e. The molecular weight excluding hydrogens is 356 g/mol. The Kier molecular flexibility index (Phi) is 5.96. The summed E-state index contributed by atoms with van der Waals surface area (Å²) in [6.07, 6.45) is 0.806. The SMILES string of the molecule is CCOC(CC)C(=O)N1CCc2cc(S(=O)(=O)N3CCOCC3)ccc21. The highest BCUT2D eigenvalue weighted by atomic mass is 32.2. The predicted octanol–water partition coefficient (Wildman–Crippen LogP) is 1.41. The summed E-state index contributed by atoms with van der Waals surface area (Å²) in [5.74, 6) is -0.0584. The van der Waals surface area contributed by atoms with Gasteiger partial charge in [-0.25, -0.2) is 8.42 Å². The van der Waals surface area contributed by atoms with Gasteiger partial charge in [0, 0.05) is 31.9 Å². The Morgan fingerprint density at radius 2 is 1.96 bits per heavy atom. The van der Waals surface area contributed by atoms with Crippen molar-refractivity contribution in [1.82, 2.24) is 4.31 Å². The number of nitrogens with zero attached hydrogens (tertiary/aromatic N) is 2. The van der Waals surface area contributed by atoms with Crippen molar-refractivity contribution in [2.75, 3.05) is 44.4 Å². The maximum Gasteiger partial charge on any atom is 0.256 e. The molecule has 26 heavy (non-hydrogen) atoms. The van der Waals surface area contributed by atoms with Gasteiger partial charge in [-0.15, -0.1) is 0 Å². The van der Waals surface area contributed by atoms with Gasteiger partial charge in [0.1, 0.15) is 6.10 Å². The van der Waals surface area contributed by atoms with Gasteiger partial charge in [-0.1, -0.05) is 6.92 Å². The van der Waals surface area contributed by atoms with Crippen molar-refractivity contribution in [3.63, 3.8) is 0 Å². The van der Waals surface area contributed by atoms with Crippen LogP contribution in [0.3, 0.4) is 0 Å². The molecule has 1 unspecified atom stereocenters. The largest absolute Gasteiger partial charge is 0.379 e. The fourth-order valence-corrected chi connectivity index (χ4v) is 4.90. The lowest BCUT2D eigenvalue weighted by Crippen LogP contribution is -2.40. The number of carbonyl (C=O) groups is 1. The number of anilines is 1. The Hall–Kier alpha value is -1.48. The zero-order valence-electron chi connectivity index (χ0n) is 15.3. The average molecular weight is 382 g/mol. The van der Waals surface area contributed by atoms with E-state index < -0.39 is 16.1 Å². The second kappa shape index (κ2) is 8.04. The van der Waals surface area contributed by atoms with Gasteiger partial charge in [-0.05, 0) is 43.5 Å². The molecule has 1 amide bonds. The van der Waals surface area contributed by atoms with Crippen LogP contribution in [0.5, 0.6) is 0 Å². The van der Waals surface area contributed by atoms with Gasteiger partial charge in [0.05, 0.1) is 18.1 Å². The minimum absolute atomic E-state index is 0.0584. The van der Waals surface area contributed by atoms with Gasteiger partial charge in [-0.2, -0.15) is 4.31 Å². The lowest BCUT2D eigenvalue weighted by atomic mass is 10.1. The van der Waals surface area contributed by atoms with Crippen LogP contribution in [0.1, 0.15) is 25.8 Å². The number of carbonyl (C=O) groups excluding carboxylic acids is 1. The summed E-state index contributed by atoms with van der Waals surface area (Å²) in [5, 5.41) is 0. The zero-order chi connectivity index (χ0) is 18.7. The van der Waals surface area contributed by atoms with E-state index in [9.17, 15) is 13.2 Å². The topological polar surface area (TPSA) is 76.2 Å². The van der Waals surface area contributed by atoms with Crippen molar-refractivity contribution >= 4 is 21.6 Å². The lowest BCUT2D eigenvalue weighted by Gasteiger charge is -2.26. The van der Waals surface area contributed by atoms with Crippen LogP contribution in [0, 0.1) is 0 Å². The Morgan fingerprint density at radius 1 is 1.23 bits per heavy atom. The van der Waals surface area contributed by atoms with Crippen LogP contribution in [0.15, 0.2) is 23.1 Å². The Bertz CT molecular complexity index is 759. The molecule has 144 valence electrons. The van der Waals surface area contributed by atoms with Gasteiger partial charge in [0.15, 0.2) is 0 Å². The van der Waals surface area contributed by atoms with E-state index >= 15 is 0 Å². The van der Waals surface area contributed by atoms with E-state index in [0.717, 1.165) is 11.3 Å². The van der Waals surface area contributed by atoms with Gasteiger partial charge in [0.25, 0.3) is 5.91 Å². The third kappa shape index (κ3) is 3.64. The van der Waals surface area contributed by atoms with E-state index in [1.54, 1.807) is 23.1 Å². The Balaban J connectivity index is 1.83.